The first-order chi connectivity index (χ1) is 9.76. The van der Waals surface area contributed by atoms with Gasteiger partial charge in [-0.3, -0.25) is 4.98 Å². The predicted molar refractivity (Wildman–Crippen MR) is 80.2 cm³/mol. The molecular formula is C14H20N6. The number of nitrogens with two attached hydrogens (primary N) is 1. The standard InChI is InChI=1S/C14H20N6/c1-3-6-12-13(19-15)17-10-18-14(12)20(2)9-11-7-4-5-8-16-11/h4-5,7-8,10H,3,6,9,15H2,1-2H3,(H,17,18,19). The van der Waals surface area contributed by atoms with Crippen molar-refractivity contribution in [2.24, 2.45) is 5.84 Å². The number of aromatic nitrogens is 3. The highest BCUT2D eigenvalue weighted by molar-refractivity contribution is 5.58. The minimum atomic E-state index is 0.685. The number of hydrazine groups is 1. The molecule has 0 aliphatic carbocycles. The van der Waals surface area contributed by atoms with E-state index in [2.05, 4.69) is 32.2 Å². The van der Waals surface area contributed by atoms with Gasteiger partial charge in [0.1, 0.15) is 18.0 Å². The quantitative estimate of drug-likeness (QED) is 0.616. The molecule has 106 valence electrons. The van der Waals surface area contributed by atoms with Crippen LogP contribution in [0.1, 0.15) is 24.6 Å². The summed E-state index contributed by atoms with van der Waals surface area (Å²) in [5.41, 5.74) is 4.68. The summed E-state index contributed by atoms with van der Waals surface area (Å²) in [6, 6.07) is 5.89. The molecule has 0 saturated heterocycles. The van der Waals surface area contributed by atoms with Crippen molar-refractivity contribution in [1.82, 2.24) is 15.0 Å². The largest absolute Gasteiger partial charge is 0.353 e. The predicted octanol–water partition coefficient (Wildman–Crippen LogP) is 1.75. The van der Waals surface area contributed by atoms with Crippen molar-refractivity contribution in [1.29, 1.82) is 0 Å². The Bertz CT molecular complexity index is 543. The van der Waals surface area contributed by atoms with Crippen molar-refractivity contribution < 1.29 is 0 Å². The van der Waals surface area contributed by atoms with E-state index in [4.69, 9.17) is 5.84 Å². The fourth-order valence-corrected chi connectivity index (χ4v) is 2.15. The Hall–Kier alpha value is -2.21. The summed E-state index contributed by atoms with van der Waals surface area (Å²) in [5, 5.41) is 0. The fraction of sp³-hybridized carbons (Fsp3) is 0.357. The Labute approximate surface area is 119 Å². The van der Waals surface area contributed by atoms with Crippen molar-refractivity contribution in [3.63, 3.8) is 0 Å². The van der Waals surface area contributed by atoms with Crippen LogP contribution < -0.4 is 16.2 Å². The van der Waals surface area contributed by atoms with E-state index in [1.165, 1.54) is 6.33 Å². The van der Waals surface area contributed by atoms with Gasteiger partial charge in [-0.1, -0.05) is 19.4 Å². The van der Waals surface area contributed by atoms with Gasteiger partial charge in [-0.15, -0.1) is 0 Å². The summed E-state index contributed by atoms with van der Waals surface area (Å²) in [6.07, 6.45) is 5.20. The number of nitrogens with one attached hydrogen (secondary N) is 1. The maximum atomic E-state index is 5.53. The van der Waals surface area contributed by atoms with Gasteiger partial charge in [-0.05, 0) is 18.6 Å². The minimum absolute atomic E-state index is 0.685. The van der Waals surface area contributed by atoms with Crippen LogP contribution in [0.15, 0.2) is 30.7 Å². The summed E-state index contributed by atoms with van der Waals surface area (Å²) >= 11 is 0. The van der Waals surface area contributed by atoms with Gasteiger partial charge in [-0.2, -0.15) is 0 Å². The van der Waals surface area contributed by atoms with Crippen molar-refractivity contribution in [3.8, 4) is 0 Å². The molecule has 0 radical (unpaired) electrons. The molecular weight excluding hydrogens is 252 g/mol. The second kappa shape index (κ2) is 6.81. The lowest BCUT2D eigenvalue weighted by atomic mass is 10.1. The molecule has 2 heterocycles. The molecule has 0 aromatic carbocycles. The summed E-state index contributed by atoms with van der Waals surface area (Å²) in [5.74, 6) is 7.11. The van der Waals surface area contributed by atoms with E-state index in [0.717, 1.165) is 29.9 Å². The van der Waals surface area contributed by atoms with Crippen LogP contribution >= 0.6 is 0 Å². The number of nitrogens with zero attached hydrogens (tertiary/aromatic N) is 4. The molecule has 0 fully saturated rings. The third-order valence-corrected chi connectivity index (χ3v) is 3.05. The number of hydrogen-bond acceptors (Lipinski definition) is 6. The van der Waals surface area contributed by atoms with Gasteiger partial charge in [0.05, 0.1) is 12.2 Å². The van der Waals surface area contributed by atoms with Crippen molar-refractivity contribution in [2.45, 2.75) is 26.3 Å². The van der Waals surface area contributed by atoms with Gasteiger partial charge < -0.3 is 10.3 Å². The van der Waals surface area contributed by atoms with E-state index in [-0.39, 0.29) is 0 Å². The van der Waals surface area contributed by atoms with Crippen LogP contribution in [0.25, 0.3) is 0 Å². The third-order valence-electron chi connectivity index (χ3n) is 3.05. The Morgan fingerprint density at radius 2 is 2.10 bits per heavy atom. The number of rotatable bonds is 6. The lowest BCUT2D eigenvalue weighted by Crippen LogP contribution is -2.22. The molecule has 0 aliphatic heterocycles. The number of anilines is 2. The topological polar surface area (TPSA) is 80.0 Å². The average Bonchev–Trinajstić information content (AvgIpc) is 2.48. The molecule has 20 heavy (non-hydrogen) atoms. The first kappa shape index (κ1) is 14.2. The summed E-state index contributed by atoms with van der Waals surface area (Å²) < 4.78 is 0. The van der Waals surface area contributed by atoms with Crippen LogP contribution in [0.3, 0.4) is 0 Å². The Morgan fingerprint density at radius 1 is 1.25 bits per heavy atom. The third kappa shape index (κ3) is 3.21. The Morgan fingerprint density at radius 3 is 2.75 bits per heavy atom. The molecule has 3 N–H and O–H groups in total. The first-order valence-electron chi connectivity index (χ1n) is 6.67. The average molecular weight is 272 g/mol. The number of nitrogen functional groups attached to an aromatic ring is 1. The van der Waals surface area contributed by atoms with Crippen LogP contribution in [0.2, 0.25) is 0 Å². The Kier molecular flexibility index (Phi) is 4.84. The maximum absolute atomic E-state index is 5.53. The van der Waals surface area contributed by atoms with Gasteiger partial charge in [0.2, 0.25) is 0 Å². The van der Waals surface area contributed by atoms with E-state index in [1.54, 1.807) is 6.20 Å². The van der Waals surface area contributed by atoms with E-state index >= 15 is 0 Å². The SMILES string of the molecule is CCCc1c(NN)ncnc1N(C)Cc1ccccn1. The molecule has 2 rings (SSSR count). The number of hydrogen-bond donors (Lipinski definition) is 2. The fourth-order valence-electron chi connectivity index (χ4n) is 2.15. The summed E-state index contributed by atoms with van der Waals surface area (Å²) in [7, 11) is 2.00. The summed E-state index contributed by atoms with van der Waals surface area (Å²) in [6.45, 7) is 2.81. The molecule has 0 spiro atoms. The highest BCUT2D eigenvalue weighted by Gasteiger charge is 2.14. The van der Waals surface area contributed by atoms with E-state index < -0.39 is 0 Å². The van der Waals surface area contributed by atoms with Gasteiger partial charge >= 0.3 is 0 Å². The zero-order valence-corrected chi connectivity index (χ0v) is 11.9. The van der Waals surface area contributed by atoms with Gasteiger partial charge in [0.15, 0.2) is 0 Å². The first-order valence-corrected chi connectivity index (χ1v) is 6.67. The molecule has 0 bridgehead atoms. The summed E-state index contributed by atoms with van der Waals surface area (Å²) in [4.78, 5) is 15.0. The molecule has 0 atom stereocenters. The van der Waals surface area contributed by atoms with Crippen LogP contribution in [0.4, 0.5) is 11.6 Å². The maximum Gasteiger partial charge on any atom is 0.148 e. The molecule has 2 aromatic rings. The van der Waals surface area contributed by atoms with Crippen LogP contribution in [0, 0.1) is 0 Å². The molecule has 2 aromatic heterocycles. The smallest absolute Gasteiger partial charge is 0.148 e. The van der Waals surface area contributed by atoms with E-state index in [9.17, 15) is 0 Å². The minimum Gasteiger partial charge on any atom is -0.353 e. The van der Waals surface area contributed by atoms with Crippen molar-refractivity contribution in [2.75, 3.05) is 17.4 Å². The Balaban J connectivity index is 2.26. The molecule has 0 saturated carbocycles. The lowest BCUT2D eigenvalue weighted by Gasteiger charge is -2.21. The second-order valence-corrected chi connectivity index (χ2v) is 4.60. The van der Waals surface area contributed by atoms with Gasteiger partial charge in [0, 0.05) is 18.8 Å². The molecule has 6 heteroatoms. The highest BCUT2D eigenvalue weighted by atomic mass is 15.3. The zero-order chi connectivity index (χ0) is 14.4. The molecule has 6 nitrogen and oxygen atoms in total. The van der Waals surface area contributed by atoms with Crippen molar-refractivity contribution >= 4 is 11.6 Å². The van der Waals surface area contributed by atoms with Gasteiger partial charge in [-0.25, -0.2) is 15.8 Å². The highest BCUT2D eigenvalue weighted by Crippen LogP contribution is 2.24. The molecule has 0 aliphatic rings. The molecule has 0 amide bonds. The van der Waals surface area contributed by atoms with Crippen LogP contribution in [-0.4, -0.2) is 22.0 Å². The second-order valence-electron chi connectivity index (χ2n) is 4.60. The lowest BCUT2D eigenvalue weighted by molar-refractivity contribution is 0.827. The van der Waals surface area contributed by atoms with Crippen LogP contribution in [-0.2, 0) is 13.0 Å². The normalized spacial score (nSPS) is 10.3. The van der Waals surface area contributed by atoms with E-state index in [1.807, 2.05) is 25.2 Å². The monoisotopic (exact) mass is 272 g/mol. The van der Waals surface area contributed by atoms with Gasteiger partial charge in [0.25, 0.3) is 0 Å². The van der Waals surface area contributed by atoms with Crippen molar-refractivity contribution in [3.05, 3.63) is 42.0 Å². The zero-order valence-electron chi connectivity index (χ0n) is 11.9. The van der Waals surface area contributed by atoms with Crippen LogP contribution in [0.5, 0.6) is 0 Å². The molecule has 0 unspecified atom stereocenters. The van der Waals surface area contributed by atoms with E-state index in [0.29, 0.717) is 12.4 Å². The number of pyridine rings is 1.